The molecule has 1 atom stereocenters. The molecular formula is C12H22N2O2. The Morgan fingerprint density at radius 2 is 2.12 bits per heavy atom. The van der Waals surface area contributed by atoms with Crippen LogP contribution in [0.4, 0.5) is 0 Å². The molecule has 1 N–H and O–H groups in total. The van der Waals surface area contributed by atoms with Crippen LogP contribution in [0.2, 0.25) is 0 Å². The van der Waals surface area contributed by atoms with Crippen molar-refractivity contribution < 1.29 is 9.53 Å². The van der Waals surface area contributed by atoms with Gasteiger partial charge in [0, 0.05) is 13.2 Å². The van der Waals surface area contributed by atoms with Gasteiger partial charge in [-0.3, -0.25) is 4.79 Å². The van der Waals surface area contributed by atoms with Crippen LogP contribution in [0.1, 0.15) is 40.0 Å². The third-order valence-electron chi connectivity index (χ3n) is 2.63. The molecule has 1 unspecified atom stereocenters. The number of hydrogen-bond donors (Lipinski definition) is 1. The van der Waals surface area contributed by atoms with E-state index in [1.54, 1.807) is 6.92 Å². The molecule has 0 heterocycles. The normalized spacial score (nSPS) is 13.9. The highest BCUT2D eigenvalue weighted by atomic mass is 16.5. The molecule has 0 aliphatic carbocycles. The van der Waals surface area contributed by atoms with Crippen molar-refractivity contribution >= 4 is 5.91 Å². The molecule has 0 saturated heterocycles. The molecule has 0 aliphatic rings. The van der Waals surface area contributed by atoms with Crippen molar-refractivity contribution in [1.29, 1.82) is 5.26 Å². The summed E-state index contributed by atoms with van der Waals surface area (Å²) in [5.41, 5.74) is -0.913. The molecule has 0 rings (SSSR count). The van der Waals surface area contributed by atoms with Crippen LogP contribution in [0, 0.1) is 16.7 Å². The van der Waals surface area contributed by atoms with Gasteiger partial charge < -0.3 is 10.1 Å². The van der Waals surface area contributed by atoms with E-state index in [2.05, 4.69) is 12.2 Å². The Bertz CT molecular complexity index is 248. The van der Waals surface area contributed by atoms with Crippen molar-refractivity contribution in [2.45, 2.75) is 40.0 Å². The number of amides is 1. The lowest BCUT2D eigenvalue weighted by Crippen LogP contribution is -2.39. The van der Waals surface area contributed by atoms with Crippen LogP contribution in [-0.2, 0) is 9.53 Å². The van der Waals surface area contributed by atoms with Crippen molar-refractivity contribution in [2.75, 3.05) is 19.8 Å². The van der Waals surface area contributed by atoms with Gasteiger partial charge in [-0.1, -0.05) is 20.3 Å². The SMILES string of the molecule is CCCCOCCNC(=O)C(C)(C#N)CC. The number of nitrogens with one attached hydrogen (secondary N) is 1. The standard InChI is InChI=1S/C12H22N2O2/c1-4-6-8-16-9-7-14-11(15)12(3,5-2)10-13/h4-9H2,1-3H3,(H,14,15). The lowest BCUT2D eigenvalue weighted by Gasteiger charge is -2.18. The molecule has 0 spiro atoms. The summed E-state index contributed by atoms with van der Waals surface area (Å²) in [6.45, 7) is 7.30. The third kappa shape index (κ3) is 5.13. The minimum absolute atomic E-state index is 0.211. The second kappa shape index (κ2) is 8.12. The number of rotatable bonds is 8. The van der Waals surface area contributed by atoms with Crippen molar-refractivity contribution in [2.24, 2.45) is 5.41 Å². The van der Waals surface area contributed by atoms with Gasteiger partial charge in [0.25, 0.3) is 0 Å². The van der Waals surface area contributed by atoms with Crippen LogP contribution < -0.4 is 5.32 Å². The molecule has 0 bridgehead atoms. The van der Waals surface area contributed by atoms with Gasteiger partial charge in [0.15, 0.2) is 0 Å². The van der Waals surface area contributed by atoms with E-state index < -0.39 is 5.41 Å². The van der Waals surface area contributed by atoms with E-state index >= 15 is 0 Å². The van der Waals surface area contributed by atoms with Gasteiger partial charge >= 0.3 is 0 Å². The second-order valence-corrected chi connectivity index (χ2v) is 4.02. The van der Waals surface area contributed by atoms with Gasteiger partial charge in [-0.2, -0.15) is 5.26 Å². The lowest BCUT2D eigenvalue weighted by molar-refractivity contribution is -0.127. The topological polar surface area (TPSA) is 62.1 Å². The largest absolute Gasteiger partial charge is 0.380 e. The van der Waals surface area contributed by atoms with Crippen molar-refractivity contribution in [3.63, 3.8) is 0 Å². The Labute approximate surface area is 98.0 Å². The molecule has 4 heteroatoms. The molecule has 0 aromatic rings. The monoisotopic (exact) mass is 226 g/mol. The van der Waals surface area contributed by atoms with Crippen LogP contribution >= 0.6 is 0 Å². The first-order valence-electron chi connectivity index (χ1n) is 5.88. The average Bonchev–Trinajstić information content (AvgIpc) is 2.32. The smallest absolute Gasteiger partial charge is 0.240 e. The van der Waals surface area contributed by atoms with Gasteiger partial charge in [0.1, 0.15) is 5.41 Å². The number of carbonyl (C=O) groups excluding carboxylic acids is 1. The van der Waals surface area contributed by atoms with E-state index in [1.807, 2.05) is 13.0 Å². The quantitative estimate of drug-likeness (QED) is 0.642. The number of carbonyl (C=O) groups is 1. The van der Waals surface area contributed by atoms with E-state index in [0.717, 1.165) is 19.4 Å². The van der Waals surface area contributed by atoms with Gasteiger partial charge in [-0.25, -0.2) is 0 Å². The molecule has 0 aliphatic heterocycles. The molecule has 16 heavy (non-hydrogen) atoms. The minimum atomic E-state index is -0.913. The van der Waals surface area contributed by atoms with E-state index in [4.69, 9.17) is 10.00 Å². The van der Waals surface area contributed by atoms with Gasteiger partial charge in [-0.15, -0.1) is 0 Å². The van der Waals surface area contributed by atoms with Crippen LogP contribution in [0.5, 0.6) is 0 Å². The zero-order chi connectivity index (χ0) is 12.4. The summed E-state index contributed by atoms with van der Waals surface area (Å²) < 4.78 is 5.31. The summed E-state index contributed by atoms with van der Waals surface area (Å²) in [6, 6.07) is 2.04. The zero-order valence-corrected chi connectivity index (χ0v) is 10.5. The van der Waals surface area contributed by atoms with Crippen LogP contribution in [0.15, 0.2) is 0 Å². The first-order chi connectivity index (χ1) is 7.60. The summed E-state index contributed by atoms with van der Waals surface area (Å²) >= 11 is 0. The van der Waals surface area contributed by atoms with Gasteiger partial charge in [-0.05, 0) is 19.8 Å². The fraction of sp³-hybridized carbons (Fsp3) is 0.833. The van der Waals surface area contributed by atoms with Crippen LogP contribution in [0.25, 0.3) is 0 Å². The molecule has 0 aromatic carbocycles. The highest BCUT2D eigenvalue weighted by Crippen LogP contribution is 2.19. The van der Waals surface area contributed by atoms with Crippen molar-refractivity contribution in [1.82, 2.24) is 5.32 Å². The van der Waals surface area contributed by atoms with Crippen LogP contribution in [0.3, 0.4) is 0 Å². The number of ether oxygens (including phenoxy) is 1. The third-order valence-corrected chi connectivity index (χ3v) is 2.63. The second-order valence-electron chi connectivity index (χ2n) is 4.02. The Hall–Kier alpha value is -1.08. The minimum Gasteiger partial charge on any atom is -0.380 e. The van der Waals surface area contributed by atoms with Gasteiger partial charge in [0.05, 0.1) is 12.7 Å². The van der Waals surface area contributed by atoms with E-state index in [0.29, 0.717) is 19.6 Å². The molecule has 1 amide bonds. The summed E-state index contributed by atoms with van der Waals surface area (Å²) in [6.07, 6.45) is 2.67. The first kappa shape index (κ1) is 14.9. The van der Waals surface area contributed by atoms with Crippen molar-refractivity contribution in [3.8, 4) is 6.07 Å². The number of nitriles is 1. The molecule has 0 saturated carbocycles. The van der Waals surface area contributed by atoms with E-state index in [-0.39, 0.29) is 5.91 Å². The molecule has 0 fully saturated rings. The maximum absolute atomic E-state index is 11.6. The maximum atomic E-state index is 11.6. The summed E-state index contributed by atoms with van der Waals surface area (Å²) in [7, 11) is 0. The molecule has 4 nitrogen and oxygen atoms in total. The van der Waals surface area contributed by atoms with E-state index in [1.165, 1.54) is 0 Å². The molecule has 0 aromatic heterocycles. The Morgan fingerprint density at radius 3 is 2.62 bits per heavy atom. The predicted molar refractivity (Wildman–Crippen MR) is 62.7 cm³/mol. The highest BCUT2D eigenvalue weighted by Gasteiger charge is 2.30. The first-order valence-corrected chi connectivity index (χ1v) is 5.88. The molecular weight excluding hydrogens is 204 g/mol. The van der Waals surface area contributed by atoms with Crippen molar-refractivity contribution in [3.05, 3.63) is 0 Å². The number of unbranched alkanes of at least 4 members (excludes halogenated alkanes) is 1. The predicted octanol–water partition coefficient (Wildman–Crippen LogP) is 1.86. The fourth-order valence-corrected chi connectivity index (χ4v) is 1.07. The Balaban J connectivity index is 3.70. The lowest BCUT2D eigenvalue weighted by atomic mass is 9.88. The Kier molecular flexibility index (Phi) is 7.57. The maximum Gasteiger partial charge on any atom is 0.240 e. The highest BCUT2D eigenvalue weighted by molar-refractivity contribution is 5.84. The number of hydrogen-bond acceptors (Lipinski definition) is 3. The Morgan fingerprint density at radius 1 is 1.44 bits per heavy atom. The van der Waals surface area contributed by atoms with E-state index in [9.17, 15) is 4.79 Å². The summed E-state index contributed by atoms with van der Waals surface area (Å²) in [5.74, 6) is -0.211. The summed E-state index contributed by atoms with van der Waals surface area (Å²) in [5, 5.41) is 11.6. The summed E-state index contributed by atoms with van der Waals surface area (Å²) in [4.78, 5) is 11.6. The fourth-order valence-electron chi connectivity index (χ4n) is 1.07. The van der Waals surface area contributed by atoms with Crippen LogP contribution in [-0.4, -0.2) is 25.7 Å². The average molecular weight is 226 g/mol. The zero-order valence-electron chi connectivity index (χ0n) is 10.5. The van der Waals surface area contributed by atoms with Gasteiger partial charge in [0.2, 0.25) is 5.91 Å². The molecule has 92 valence electrons. The molecule has 0 radical (unpaired) electrons. The number of nitrogens with zero attached hydrogens (tertiary/aromatic N) is 1.